The molecule has 4 aromatic rings. The van der Waals surface area contributed by atoms with Crippen LogP contribution in [-0.4, -0.2) is 26.4 Å². The fraction of sp³-hybridized carbons (Fsp3) is 0.174. The maximum atomic E-state index is 12.4. The lowest BCUT2D eigenvalue weighted by atomic mass is 10.0. The lowest BCUT2D eigenvalue weighted by molar-refractivity contribution is -0.384. The van der Waals surface area contributed by atoms with Crippen LogP contribution >= 0.6 is 11.3 Å². The van der Waals surface area contributed by atoms with Gasteiger partial charge < -0.3 is 0 Å². The predicted octanol–water partition coefficient (Wildman–Crippen LogP) is 4.61. The van der Waals surface area contributed by atoms with Gasteiger partial charge in [0.25, 0.3) is 11.6 Å². The van der Waals surface area contributed by atoms with E-state index in [2.05, 4.69) is 14.9 Å². The monoisotopic (exact) mass is 445 g/mol. The second-order valence-electron chi connectivity index (χ2n) is 7.51. The minimum absolute atomic E-state index is 0.0681. The quantitative estimate of drug-likeness (QED) is 0.275. The Labute approximate surface area is 187 Å². The molecule has 0 saturated carbocycles. The summed E-state index contributed by atoms with van der Waals surface area (Å²) in [5.74, 6) is -0.439. The van der Waals surface area contributed by atoms with E-state index in [1.807, 2.05) is 30.3 Å². The largest absolute Gasteiger partial charge is 0.285 e. The molecule has 1 aliphatic carbocycles. The highest BCUT2D eigenvalue weighted by Gasteiger charge is 2.22. The molecule has 1 aliphatic rings. The number of hydrazone groups is 1. The zero-order valence-corrected chi connectivity index (χ0v) is 17.8. The number of nitro benzene ring substituents is 1. The summed E-state index contributed by atoms with van der Waals surface area (Å²) in [5, 5.41) is 15.0. The van der Waals surface area contributed by atoms with Crippen LogP contribution in [0.3, 0.4) is 0 Å². The second-order valence-corrected chi connectivity index (χ2v) is 8.57. The van der Waals surface area contributed by atoms with Gasteiger partial charge in [-0.1, -0.05) is 30.3 Å². The summed E-state index contributed by atoms with van der Waals surface area (Å²) < 4.78 is 2.16. The van der Waals surface area contributed by atoms with Gasteiger partial charge in [-0.15, -0.1) is 11.3 Å². The Bertz CT molecular complexity index is 1340. The molecule has 160 valence electrons. The van der Waals surface area contributed by atoms with E-state index in [1.54, 1.807) is 17.6 Å². The molecule has 2 heterocycles. The summed E-state index contributed by atoms with van der Waals surface area (Å²) in [7, 11) is 0. The molecule has 0 radical (unpaired) electrons. The average molecular weight is 446 g/mol. The van der Waals surface area contributed by atoms with Crippen molar-refractivity contribution in [3.63, 3.8) is 0 Å². The van der Waals surface area contributed by atoms with E-state index in [-0.39, 0.29) is 5.69 Å². The van der Waals surface area contributed by atoms with E-state index < -0.39 is 10.8 Å². The normalized spacial score (nSPS) is 13.4. The molecule has 8 nitrogen and oxygen atoms in total. The molecule has 0 aliphatic heterocycles. The van der Waals surface area contributed by atoms with Crippen molar-refractivity contribution < 1.29 is 9.72 Å². The zero-order valence-electron chi connectivity index (χ0n) is 17.0. The fourth-order valence-corrected chi connectivity index (χ4v) is 5.15. The number of nitro groups is 1. The third kappa shape index (κ3) is 3.67. The third-order valence-corrected chi connectivity index (χ3v) is 6.64. The minimum Gasteiger partial charge on any atom is -0.285 e. The minimum atomic E-state index is -0.503. The molecule has 5 rings (SSSR count). The average Bonchev–Trinajstić information content (AvgIpc) is 3.36. The number of amides is 1. The number of imidazole rings is 1. The van der Waals surface area contributed by atoms with Crippen molar-refractivity contribution >= 4 is 34.1 Å². The highest BCUT2D eigenvalue weighted by molar-refractivity contribution is 7.17. The van der Waals surface area contributed by atoms with E-state index >= 15 is 0 Å². The van der Waals surface area contributed by atoms with Crippen LogP contribution in [-0.2, 0) is 12.8 Å². The fourth-order valence-electron chi connectivity index (χ4n) is 3.94. The number of rotatable bonds is 5. The predicted molar refractivity (Wildman–Crippen MR) is 123 cm³/mol. The number of carbonyl (C=O) groups is 1. The van der Waals surface area contributed by atoms with Crippen molar-refractivity contribution in [3.05, 3.63) is 86.5 Å². The summed E-state index contributed by atoms with van der Waals surface area (Å²) in [6, 6.07) is 15.3. The SMILES string of the molecule is O=C(NN=Cc1c(-c2ccccc2)nc2sc3c(n12)CCCC3)c1ccc([N+](=O)[O-])cc1. The Kier molecular flexibility index (Phi) is 5.24. The number of nitrogens with zero attached hydrogens (tertiary/aromatic N) is 4. The molecule has 0 atom stereocenters. The summed E-state index contributed by atoms with van der Waals surface area (Å²) >= 11 is 1.72. The van der Waals surface area contributed by atoms with Gasteiger partial charge in [0, 0.05) is 33.8 Å². The Hall–Kier alpha value is -3.85. The number of nitrogens with one attached hydrogen (secondary N) is 1. The molecule has 0 fully saturated rings. The number of carbonyl (C=O) groups excluding carboxylic acids is 1. The van der Waals surface area contributed by atoms with E-state index in [4.69, 9.17) is 4.98 Å². The Morgan fingerprint density at radius 2 is 1.88 bits per heavy atom. The smallest absolute Gasteiger partial charge is 0.271 e. The first-order valence-electron chi connectivity index (χ1n) is 10.3. The highest BCUT2D eigenvalue weighted by atomic mass is 32.1. The number of thiazole rings is 1. The van der Waals surface area contributed by atoms with Crippen LogP contribution in [0, 0.1) is 10.1 Å². The topological polar surface area (TPSA) is 102 Å². The maximum Gasteiger partial charge on any atom is 0.271 e. The Morgan fingerprint density at radius 1 is 1.12 bits per heavy atom. The van der Waals surface area contributed by atoms with Crippen molar-refractivity contribution in [2.45, 2.75) is 25.7 Å². The first kappa shape index (κ1) is 20.1. The number of benzene rings is 2. The first-order chi connectivity index (χ1) is 15.6. The van der Waals surface area contributed by atoms with Crippen molar-refractivity contribution in [1.29, 1.82) is 0 Å². The van der Waals surface area contributed by atoms with Crippen molar-refractivity contribution in [2.75, 3.05) is 0 Å². The summed E-state index contributed by atoms with van der Waals surface area (Å²) in [4.78, 5) is 29.9. The van der Waals surface area contributed by atoms with Crippen LogP contribution in [0.5, 0.6) is 0 Å². The molecule has 0 unspecified atom stereocenters. The standard InChI is InChI=1S/C23H19N5O3S/c29-22(16-10-12-17(13-11-16)28(30)31)26-24-14-19-21(15-6-2-1-3-7-15)25-23-27(19)18-8-4-5-9-20(18)32-23/h1-3,6-7,10-14H,4-5,8-9H2,(H,26,29). The lowest BCUT2D eigenvalue weighted by Gasteiger charge is -2.11. The summed E-state index contributed by atoms with van der Waals surface area (Å²) in [5.41, 5.74) is 6.65. The van der Waals surface area contributed by atoms with Gasteiger partial charge in [0.2, 0.25) is 0 Å². The molecule has 2 aromatic heterocycles. The van der Waals surface area contributed by atoms with Crippen LogP contribution in [0.2, 0.25) is 0 Å². The Balaban J connectivity index is 1.48. The molecular formula is C23H19N5O3S. The number of aryl methyl sites for hydroxylation is 2. The lowest BCUT2D eigenvalue weighted by Crippen LogP contribution is -2.17. The van der Waals surface area contributed by atoms with Gasteiger partial charge in [-0.2, -0.15) is 5.10 Å². The van der Waals surface area contributed by atoms with Crippen LogP contribution < -0.4 is 5.43 Å². The van der Waals surface area contributed by atoms with Crippen LogP contribution in [0.15, 0.2) is 59.7 Å². The molecule has 1 N–H and O–H groups in total. The van der Waals surface area contributed by atoms with E-state index in [0.717, 1.165) is 41.2 Å². The van der Waals surface area contributed by atoms with Gasteiger partial charge in [-0.05, 0) is 37.8 Å². The van der Waals surface area contributed by atoms with E-state index in [1.165, 1.54) is 41.3 Å². The highest BCUT2D eigenvalue weighted by Crippen LogP contribution is 2.34. The molecule has 0 bridgehead atoms. The molecular weight excluding hydrogens is 426 g/mol. The molecule has 32 heavy (non-hydrogen) atoms. The Morgan fingerprint density at radius 3 is 2.62 bits per heavy atom. The van der Waals surface area contributed by atoms with Crippen molar-refractivity contribution in [1.82, 2.24) is 14.8 Å². The number of aromatic nitrogens is 2. The molecule has 0 saturated heterocycles. The van der Waals surface area contributed by atoms with E-state index in [9.17, 15) is 14.9 Å². The molecule has 1 amide bonds. The molecule has 9 heteroatoms. The van der Waals surface area contributed by atoms with Crippen LogP contribution in [0.4, 0.5) is 5.69 Å². The van der Waals surface area contributed by atoms with Crippen LogP contribution in [0.25, 0.3) is 16.2 Å². The number of hydrogen-bond acceptors (Lipinski definition) is 6. The zero-order chi connectivity index (χ0) is 22.1. The van der Waals surface area contributed by atoms with Gasteiger partial charge in [0.1, 0.15) is 0 Å². The van der Waals surface area contributed by atoms with Gasteiger partial charge in [-0.3, -0.25) is 19.3 Å². The van der Waals surface area contributed by atoms with Crippen LogP contribution in [0.1, 0.15) is 39.5 Å². The number of fused-ring (bicyclic) bond motifs is 3. The second kappa shape index (κ2) is 8.35. The van der Waals surface area contributed by atoms with Crippen molar-refractivity contribution in [3.8, 4) is 11.3 Å². The molecule has 2 aromatic carbocycles. The number of hydrogen-bond donors (Lipinski definition) is 1. The summed E-state index contributed by atoms with van der Waals surface area (Å²) in [6.07, 6.45) is 6.03. The van der Waals surface area contributed by atoms with Crippen molar-refractivity contribution in [2.24, 2.45) is 5.10 Å². The van der Waals surface area contributed by atoms with Gasteiger partial charge in [0.05, 0.1) is 22.5 Å². The van der Waals surface area contributed by atoms with Gasteiger partial charge in [0.15, 0.2) is 4.96 Å². The summed E-state index contributed by atoms with van der Waals surface area (Å²) in [6.45, 7) is 0. The third-order valence-electron chi connectivity index (χ3n) is 5.50. The number of non-ortho nitro benzene ring substituents is 1. The van der Waals surface area contributed by atoms with Gasteiger partial charge in [-0.25, -0.2) is 10.4 Å². The van der Waals surface area contributed by atoms with E-state index in [0.29, 0.717) is 5.56 Å². The molecule has 0 spiro atoms. The maximum absolute atomic E-state index is 12.4. The van der Waals surface area contributed by atoms with Gasteiger partial charge >= 0.3 is 0 Å². The first-order valence-corrected chi connectivity index (χ1v) is 11.1.